The molecule has 0 aliphatic carbocycles. The molecule has 1 aromatic carbocycles. The number of carbonyl (C=O) groups is 1. The van der Waals surface area contributed by atoms with Gasteiger partial charge < -0.3 is 15.4 Å². The third kappa shape index (κ3) is 2.82. The van der Waals surface area contributed by atoms with E-state index < -0.39 is 0 Å². The summed E-state index contributed by atoms with van der Waals surface area (Å²) in [6.45, 7) is 5.96. The van der Waals surface area contributed by atoms with Crippen molar-refractivity contribution in [3.8, 4) is 0 Å². The smallest absolute Gasteiger partial charge is 0.227 e. The van der Waals surface area contributed by atoms with Gasteiger partial charge in [0, 0.05) is 12.2 Å². The molecule has 1 heterocycles. The first-order valence-electron chi connectivity index (χ1n) is 6.22. The molecule has 0 aromatic heterocycles. The van der Waals surface area contributed by atoms with Gasteiger partial charge in [0.1, 0.15) is 0 Å². The summed E-state index contributed by atoms with van der Waals surface area (Å²) in [5.74, 6) is 0.146. The van der Waals surface area contributed by atoms with Crippen LogP contribution < -0.4 is 5.73 Å². The molecule has 1 aliphatic rings. The Balaban J connectivity index is 2.05. The van der Waals surface area contributed by atoms with Crippen molar-refractivity contribution in [1.29, 1.82) is 0 Å². The predicted molar refractivity (Wildman–Crippen MR) is 71.2 cm³/mol. The molecule has 98 valence electrons. The van der Waals surface area contributed by atoms with Crippen LogP contribution in [0.2, 0.25) is 0 Å². The number of carbonyl (C=O) groups excluding carboxylic acids is 1. The van der Waals surface area contributed by atoms with Crippen molar-refractivity contribution in [1.82, 2.24) is 4.90 Å². The Morgan fingerprint density at radius 1 is 1.39 bits per heavy atom. The summed E-state index contributed by atoms with van der Waals surface area (Å²) in [5.41, 5.74) is 7.13. The average molecular weight is 248 g/mol. The third-order valence-electron chi connectivity index (χ3n) is 3.28. The molecule has 1 fully saturated rings. The quantitative estimate of drug-likeness (QED) is 0.806. The van der Waals surface area contributed by atoms with Crippen LogP contribution in [-0.4, -0.2) is 36.1 Å². The first kappa shape index (κ1) is 12.9. The molecule has 1 amide bonds. The number of amides is 1. The Kier molecular flexibility index (Phi) is 3.57. The molecule has 1 aliphatic heterocycles. The highest BCUT2D eigenvalue weighted by Gasteiger charge is 2.33. The van der Waals surface area contributed by atoms with Crippen LogP contribution >= 0.6 is 0 Å². The van der Waals surface area contributed by atoms with Gasteiger partial charge in [-0.25, -0.2) is 0 Å². The first-order chi connectivity index (χ1) is 8.49. The number of nitrogens with two attached hydrogens (primary N) is 1. The van der Waals surface area contributed by atoms with Crippen LogP contribution in [0.25, 0.3) is 0 Å². The van der Waals surface area contributed by atoms with Crippen molar-refractivity contribution in [2.75, 3.05) is 25.5 Å². The molecule has 2 rings (SSSR count). The minimum absolute atomic E-state index is 0.146. The summed E-state index contributed by atoms with van der Waals surface area (Å²) in [7, 11) is 0. The maximum Gasteiger partial charge on any atom is 0.227 e. The van der Waals surface area contributed by atoms with Crippen molar-refractivity contribution in [3.63, 3.8) is 0 Å². The highest BCUT2D eigenvalue weighted by atomic mass is 16.5. The molecular formula is C14H20N2O2. The Bertz CT molecular complexity index is 426. The van der Waals surface area contributed by atoms with Gasteiger partial charge in [0.15, 0.2) is 0 Å². The van der Waals surface area contributed by atoms with Gasteiger partial charge in [0.2, 0.25) is 5.91 Å². The van der Waals surface area contributed by atoms with E-state index in [4.69, 9.17) is 10.5 Å². The fraction of sp³-hybridized carbons (Fsp3) is 0.500. The van der Waals surface area contributed by atoms with E-state index in [1.54, 1.807) is 0 Å². The maximum atomic E-state index is 12.3. The van der Waals surface area contributed by atoms with E-state index in [1.807, 2.05) is 43.0 Å². The van der Waals surface area contributed by atoms with E-state index in [2.05, 4.69) is 0 Å². The molecule has 0 unspecified atom stereocenters. The number of hydrogen-bond donors (Lipinski definition) is 1. The summed E-state index contributed by atoms with van der Waals surface area (Å²) in [5, 5.41) is 0. The lowest BCUT2D eigenvalue weighted by Gasteiger charge is -2.42. The van der Waals surface area contributed by atoms with E-state index in [-0.39, 0.29) is 11.4 Å². The van der Waals surface area contributed by atoms with Gasteiger partial charge in [0.25, 0.3) is 0 Å². The molecule has 4 nitrogen and oxygen atoms in total. The number of anilines is 1. The number of ether oxygens (including phenoxy) is 1. The Labute approximate surface area is 108 Å². The molecule has 1 aromatic rings. The van der Waals surface area contributed by atoms with Crippen LogP contribution in [0.1, 0.15) is 19.4 Å². The van der Waals surface area contributed by atoms with E-state index in [1.165, 1.54) is 0 Å². The summed E-state index contributed by atoms with van der Waals surface area (Å²) >= 11 is 0. The van der Waals surface area contributed by atoms with Gasteiger partial charge in [0.05, 0.1) is 25.2 Å². The van der Waals surface area contributed by atoms with E-state index >= 15 is 0 Å². The highest BCUT2D eigenvalue weighted by Crippen LogP contribution is 2.20. The van der Waals surface area contributed by atoms with Crippen LogP contribution in [0, 0.1) is 0 Å². The summed E-state index contributed by atoms with van der Waals surface area (Å²) < 4.78 is 5.42. The van der Waals surface area contributed by atoms with Gasteiger partial charge in [-0.05, 0) is 31.5 Å². The van der Waals surface area contributed by atoms with Crippen molar-refractivity contribution in [2.24, 2.45) is 0 Å². The van der Waals surface area contributed by atoms with Gasteiger partial charge in [-0.3, -0.25) is 4.79 Å². The van der Waals surface area contributed by atoms with Gasteiger partial charge in [-0.15, -0.1) is 0 Å². The van der Waals surface area contributed by atoms with Crippen LogP contribution in [0.15, 0.2) is 24.3 Å². The number of rotatable bonds is 2. The minimum Gasteiger partial charge on any atom is -0.399 e. The number of morpholine rings is 1. The fourth-order valence-corrected chi connectivity index (χ4v) is 2.23. The zero-order chi connectivity index (χ0) is 13.2. The zero-order valence-electron chi connectivity index (χ0n) is 11.0. The summed E-state index contributed by atoms with van der Waals surface area (Å²) in [6, 6.07) is 7.46. The van der Waals surface area contributed by atoms with Crippen LogP contribution in [0.5, 0.6) is 0 Å². The lowest BCUT2D eigenvalue weighted by atomic mass is 10.0. The molecule has 0 radical (unpaired) electrons. The average Bonchev–Trinajstić information content (AvgIpc) is 2.31. The molecular weight excluding hydrogens is 228 g/mol. The van der Waals surface area contributed by atoms with Crippen molar-refractivity contribution >= 4 is 11.6 Å². The third-order valence-corrected chi connectivity index (χ3v) is 3.28. The van der Waals surface area contributed by atoms with E-state index in [0.717, 1.165) is 11.3 Å². The lowest BCUT2D eigenvalue weighted by Crippen LogP contribution is -2.55. The second kappa shape index (κ2) is 4.98. The second-order valence-electron chi connectivity index (χ2n) is 5.33. The number of benzene rings is 1. The lowest BCUT2D eigenvalue weighted by molar-refractivity contribution is -0.145. The van der Waals surface area contributed by atoms with Gasteiger partial charge in [-0.2, -0.15) is 0 Å². The summed E-state index contributed by atoms with van der Waals surface area (Å²) in [4.78, 5) is 14.2. The Hall–Kier alpha value is -1.55. The largest absolute Gasteiger partial charge is 0.399 e. The molecule has 0 atom stereocenters. The van der Waals surface area contributed by atoms with Crippen molar-refractivity contribution in [2.45, 2.75) is 25.8 Å². The normalized spacial score (nSPS) is 18.7. The zero-order valence-corrected chi connectivity index (χ0v) is 11.0. The van der Waals surface area contributed by atoms with Crippen molar-refractivity contribution < 1.29 is 9.53 Å². The number of hydrogen-bond acceptors (Lipinski definition) is 3. The van der Waals surface area contributed by atoms with Crippen molar-refractivity contribution in [3.05, 3.63) is 29.8 Å². The Morgan fingerprint density at radius 3 is 2.67 bits per heavy atom. The summed E-state index contributed by atoms with van der Waals surface area (Å²) in [6.07, 6.45) is 0.420. The maximum absolute atomic E-state index is 12.3. The van der Waals surface area contributed by atoms with Gasteiger partial charge in [-0.1, -0.05) is 12.1 Å². The standard InChI is InChI=1S/C14H20N2O2/c1-14(2)10-18-8-7-16(14)13(17)9-11-3-5-12(15)6-4-11/h3-6H,7-10,15H2,1-2H3. The molecule has 0 spiro atoms. The molecule has 0 bridgehead atoms. The number of nitrogens with zero attached hydrogens (tertiary/aromatic N) is 1. The predicted octanol–water partition coefficient (Wildman–Crippen LogP) is 1.45. The molecule has 1 saturated heterocycles. The first-order valence-corrected chi connectivity index (χ1v) is 6.22. The molecule has 2 N–H and O–H groups in total. The molecule has 4 heteroatoms. The van der Waals surface area contributed by atoms with Crippen LogP contribution in [-0.2, 0) is 16.0 Å². The Morgan fingerprint density at radius 2 is 2.06 bits per heavy atom. The topological polar surface area (TPSA) is 55.6 Å². The highest BCUT2D eigenvalue weighted by molar-refractivity contribution is 5.79. The second-order valence-corrected chi connectivity index (χ2v) is 5.33. The fourth-order valence-electron chi connectivity index (χ4n) is 2.23. The van der Waals surface area contributed by atoms with E-state index in [9.17, 15) is 4.79 Å². The van der Waals surface area contributed by atoms with Crippen LogP contribution in [0.4, 0.5) is 5.69 Å². The molecule has 0 saturated carbocycles. The van der Waals surface area contributed by atoms with Gasteiger partial charge >= 0.3 is 0 Å². The SMILES string of the molecule is CC1(C)COCCN1C(=O)Cc1ccc(N)cc1. The minimum atomic E-state index is -0.219. The number of nitrogen functional groups attached to an aromatic ring is 1. The van der Waals surface area contributed by atoms with Crippen LogP contribution in [0.3, 0.4) is 0 Å². The van der Waals surface area contributed by atoms with E-state index in [0.29, 0.717) is 26.2 Å². The molecule has 18 heavy (non-hydrogen) atoms. The monoisotopic (exact) mass is 248 g/mol.